The maximum atomic E-state index is 11.4. The lowest BCUT2D eigenvalue weighted by molar-refractivity contribution is -0.0505. The zero-order valence-electron chi connectivity index (χ0n) is 25.9. The van der Waals surface area contributed by atoms with E-state index in [1.807, 2.05) is 0 Å². The number of aromatic nitrogens is 4. The molecule has 2 aromatic rings. The number of hydrogen-bond donors (Lipinski definition) is 3. The molecule has 6 atom stereocenters. The molecule has 5 N–H and O–H groups in total. The molecule has 0 bridgehead atoms. The van der Waals surface area contributed by atoms with Gasteiger partial charge in [-0.05, 0) is 31.1 Å². The molecule has 0 aromatic carbocycles. The third kappa shape index (κ3) is 10.1. The summed E-state index contributed by atoms with van der Waals surface area (Å²) in [5, 5.41) is 0. The van der Waals surface area contributed by atoms with Gasteiger partial charge in [-0.3, -0.25) is 9.09 Å². The Morgan fingerprint density at radius 2 is 1.57 bits per heavy atom. The van der Waals surface area contributed by atoms with Crippen LogP contribution in [0, 0.1) is 0 Å². The quantitative estimate of drug-likeness (QED) is 0.0988. The van der Waals surface area contributed by atoms with E-state index < -0.39 is 25.2 Å². The van der Waals surface area contributed by atoms with Crippen LogP contribution < -0.4 is 11.5 Å². The minimum absolute atomic E-state index is 0.0423. The molecule has 0 amide bonds. The number of anilines is 2. The van der Waals surface area contributed by atoms with Crippen LogP contribution in [0.4, 0.5) is 11.8 Å². The van der Waals surface area contributed by atoms with Crippen LogP contribution in [-0.4, -0.2) is 55.9 Å². The Morgan fingerprint density at radius 3 is 2.24 bits per heavy atom. The Balaban J connectivity index is 1.81. The van der Waals surface area contributed by atoms with Crippen LogP contribution >= 0.6 is 6.72 Å². The average molecular weight is 629 g/mol. The van der Waals surface area contributed by atoms with Gasteiger partial charge in [-0.15, -0.1) is 0 Å². The van der Waals surface area contributed by atoms with Crippen molar-refractivity contribution in [2.24, 2.45) is 0 Å². The molecule has 42 heavy (non-hydrogen) atoms. The fraction of sp³-hybridized carbons (Fsp3) is 0.828. The second kappa shape index (κ2) is 17.8. The molecule has 3 heterocycles. The molecule has 3 rings (SSSR count). The number of nitrogens with zero attached hydrogens (tertiary/aromatic N) is 4. The summed E-state index contributed by atoms with van der Waals surface area (Å²) in [5.74, 6) is 0.232. The monoisotopic (exact) mass is 628 g/mol. The Bertz CT molecular complexity index is 1120. The first-order valence-electron chi connectivity index (χ1n) is 15.9. The lowest BCUT2D eigenvalue weighted by atomic mass is 10.0. The second-order valence-corrected chi connectivity index (χ2v) is 14.1. The van der Waals surface area contributed by atoms with E-state index in [2.05, 4.69) is 35.7 Å². The standard InChI is InChI=1S/C29H53N6O5PS/c1-5-8-11-13-15-18-21(17-14-10-7-3)39-41(36,42)40-24-22(19-16-12-9-6-2)38-28(25(24)37-4)35-20-32-23-26(30)33-29(31)34-27(23)35/h20-22,24-25,28H,5-19H2,1-4H3,(H,36,42)(H4,30,31,33,34). The normalized spacial score (nSPS) is 23.0. The molecular weight excluding hydrogens is 575 g/mol. The topological polar surface area (TPSA) is 153 Å². The Morgan fingerprint density at radius 1 is 0.952 bits per heavy atom. The van der Waals surface area contributed by atoms with Crippen LogP contribution in [0.5, 0.6) is 0 Å². The van der Waals surface area contributed by atoms with Crippen LogP contribution in [0.15, 0.2) is 6.33 Å². The van der Waals surface area contributed by atoms with Crippen molar-refractivity contribution < 1.29 is 23.4 Å². The number of nitrogen functional groups attached to an aromatic ring is 2. The highest BCUT2D eigenvalue weighted by molar-refractivity contribution is 8.07. The number of hydrogen-bond acceptors (Lipinski definition) is 10. The first-order valence-corrected chi connectivity index (χ1v) is 18.5. The smallest absolute Gasteiger partial charge is 0.325 e. The van der Waals surface area contributed by atoms with Crippen LogP contribution in [0.25, 0.3) is 11.2 Å². The lowest BCUT2D eigenvalue weighted by Gasteiger charge is -2.29. The highest BCUT2D eigenvalue weighted by Crippen LogP contribution is 2.52. The van der Waals surface area contributed by atoms with Gasteiger partial charge in [0, 0.05) is 7.11 Å². The van der Waals surface area contributed by atoms with Crippen molar-refractivity contribution >= 4 is 41.5 Å². The van der Waals surface area contributed by atoms with Gasteiger partial charge in [-0.1, -0.05) is 97.8 Å². The van der Waals surface area contributed by atoms with E-state index in [1.165, 1.54) is 19.3 Å². The van der Waals surface area contributed by atoms with Crippen molar-refractivity contribution in [2.75, 3.05) is 18.6 Å². The summed E-state index contributed by atoms with van der Waals surface area (Å²) in [6.45, 7) is 2.95. The maximum Gasteiger partial charge on any atom is 0.325 e. The second-order valence-electron chi connectivity index (χ2n) is 11.4. The van der Waals surface area contributed by atoms with Gasteiger partial charge in [0.05, 0.1) is 18.5 Å². The van der Waals surface area contributed by atoms with Gasteiger partial charge in [-0.2, -0.15) is 9.97 Å². The van der Waals surface area contributed by atoms with E-state index >= 15 is 0 Å². The lowest BCUT2D eigenvalue weighted by Crippen LogP contribution is -2.35. The van der Waals surface area contributed by atoms with Gasteiger partial charge in [0.2, 0.25) is 5.95 Å². The van der Waals surface area contributed by atoms with E-state index in [4.69, 9.17) is 41.8 Å². The summed E-state index contributed by atoms with van der Waals surface area (Å²) in [4.78, 5) is 24.2. The molecule has 6 unspecified atom stereocenters. The number of nitrogens with two attached hydrogens (primary N) is 2. The van der Waals surface area contributed by atoms with Gasteiger partial charge >= 0.3 is 6.72 Å². The Labute approximate surface area is 256 Å². The molecule has 1 fully saturated rings. The zero-order chi connectivity index (χ0) is 30.5. The third-order valence-corrected chi connectivity index (χ3v) is 9.53. The minimum Gasteiger partial charge on any atom is -0.382 e. The Hall–Kier alpha value is -1.40. The van der Waals surface area contributed by atoms with Crippen LogP contribution in [0.3, 0.4) is 0 Å². The average Bonchev–Trinajstić information content (AvgIpc) is 3.51. The molecule has 2 aromatic heterocycles. The SMILES string of the molecule is CCCCCCCC(CCCCC)OP(O)(=S)OC1C(CCCCCC)OC(n2cnc3c(N)nc(N)nc32)C1OC. The van der Waals surface area contributed by atoms with Gasteiger partial charge in [0.25, 0.3) is 0 Å². The van der Waals surface area contributed by atoms with Gasteiger partial charge in [0.15, 0.2) is 17.7 Å². The molecule has 1 saturated heterocycles. The predicted octanol–water partition coefficient (Wildman–Crippen LogP) is 6.80. The van der Waals surface area contributed by atoms with Crippen molar-refractivity contribution in [3.63, 3.8) is 0 Å². The Kier molecular flexibility index (Phi) is 14.9. The van der Waals surface area contributed by atoms with Crippen LogP contribution in [0.2, 0.25) is 0 Å². The van der Waals surface area contributed by atoms with E-state index in [9.17, 15) is 4.89 Å². The molecule has 1 aliphatic rings. The molecule has 11 nitrogen and oxygen atoms in total. The molecule has 240 valence electrons. The summed E-state index contributed by atoms with van der Waals surface area (Å²) in [6.07, 6.45) is 15.0. The maximum absolute atomic E-state index is 11.4. The molecule has 13 heteroatoms. The largest absolute Gasteiger partial charge is 0.382 e. The molecule has 0 aliphatic carbocycles. The van der Waals surface area contributed by atoms with Gasteiger partial charge in [-0.25, -0.2) is 4.98 Å². The van der Waals surface area contributed by atoms with Gasteiger partial charge < -0.3 is 30.4 Å². The number of ether oxygens (including phenoxy) is 2. The zero-order valence-corrected chi connectivity index (χ0v) is 27.7. The summed E-state index contributed by atoms with van der Waals surface area (Å²) >= 11 is 5.65. The number of fused-ring (bicyclic) bond motifs is 1. The summed E-state index contributed by atoms with van der Waals surface area (Å²) < 4.78 is 26.8. The molecule has 0 radical (unpaired) electrons. The van der Waals surface area contributed by atoms with Crippen LogP contribution in [-0.2, 0) is 30.3 Å². The summed E-state index contributed by atoms with van der Waals surface area (Å²) in [5.41, 5.74) is 12.8. The summed E-state index contributed by atoms with van der Waals surface area (Å²) in [6, 6.07) is 0. The van der Waals surface area contributed by atoms with Crippen molar-refractivity contribution in [3.05, 3.63) is 6.33 Å². The first-order chi connectivity index (χ1) is 20.2. The van der Waals surface area contributed by atoms with E-state index in [0.717, 1.165) is 77.0 Å². The predicted molar refractivity (Wildman–Crippen MR) is 171 cm³/mol. The van der Waals surface area contributed by atoms with Crippen molar-refractivity contribution in [3.8, 4) is 0 Å². The minimum atomic E-state index is -3.62. The highest BCUT2D eigenvalue weighted by atomic mass is 32.5. The van der Waals surface area contributed by atoms with Crippen molar-refractivity contribution in [1.29, 1.82) is 0 Å². The van der Waals surface area contributed by atoms with Gasteiger partial charge in [0.1, 0.15) is 17.7 Å². The molecule has 0 spiro atoms. The fourth-order valence-corrected chi connectivity index (χ4v) is 7.54. The third-order valence-electron chi connectivity index (χ3n) is 7.94. The highest BCUT2D eigenvalue weighted by Gasteiger charge is 2.49. The van der Waals surface area contributed by atoms with E-state index in [0.29, 0.717) is 11.2 Å². The van der Waals surface area contributed by atoms with Crippen molar-refractivity contribution in [2.45, 2.75) is 148 Å². The number of imidazole rings is 1. The van der Waals surface area contributed by atoms with E-state index in [-0.39, 0.29) is 24.0 Å². The number of methoxy groups -OCH3 is 1. The fourth-order valence-electron chi connectivity index (χ4n) is 5.67. The number of rotatable bonds is 21. The van der Waals surface area contributed by atoms with Crippen LogP contribution in [0.1, 0.15) is 123 Å². The molecular formula is C29H53N6O5PS. The molecule has 0 saturated carbocycles. The first kappa shape index (κ1) is 35.1. The van der Waals surface area contributed by atoms with E-state index in [1.54, 1.807) is 18.0 Å². The number of unbranched alkanes of at least 4 members (excludes halogenated alkanes) is 9. The van der Waals surface area contributed by atoms with Crippen molar-refractivity contribution in [1.82, 2.24) is 19.5 Å². The summed E-state index contributed by atoms with van der Waals surface area (Å²) in [7, 11) is 1.60. The molecule has 1 aliphatic heterocycles.